The third kappa shape index (κ3) is 2.74. The first-order chi connectivity index (χ1) is 7.62. The first kappa shape index (κ1) is 12.5. The summed E-state index contributed by atoms with van der Waals surface area (Å²) in [6, 6.07) is 5.48. The van der Waals surface area contributed by atoms with Crippen LogP contribution in [0.4, 0.5) is 0 Å². The smallest absolute Gasteiger partial charge is 0.307 e. The molecule has 0 fully saturated rings. The molecule has 3 nitrogen and oxygen atoms in total. The highest BCUT2D eigenvalue weighted by Gasteiger charge is 2.10. The molecule has 0 unspecified atom stereocenters. The van der Waals surface area contributed by atoms with Gasteiger partial charge in [-0.2, -0.15) is 5.26 Å². The largest absolute Gasteiger partial charge is 0.481 e. The van der Waals surface area contributed by atoms with E-state index in [1.165, 1.54) is 0 Å². The molecule has 0 bridgehead atoms. The van der Waals surface area contributed by atoms with E-state index in [0.717, 1.165) is 17.5 Å². The van der Waals surface area contributed by atoms with Crippen LogP contribution in [0.15, 0.2) is 12.1 Å². The molecule has 1 N–H and O–H groups in total. The Labute approximate surface area is 99.3 Å². The van der Waals surface area contributed by atoms with Crippen molar-refractivity contribution < 1.29 is 9.90 Å². The van der Waals surface area contributed by atoms with Crippen LogP contribution >= 0.6 is 11.6 Å². The quantitative estimate of drug-likeness (QED) is 0.819. The zero-order valence-electron chi connectivity index (χ0n) is 8.96. The Balaban J connectivity index is 3.27. The second-order valence-corrected chi connectivity index (χ2v) is 3.72. The molecule has 0 amide bonds. The molecule has 1 rings (SSSR count). The van der Waals surface area contributed by atoms with E-state index in [-0.39, 0.29) is 6.42 Å². The van der Waals surface area contributed by atoms with E-state index in [1.54, 1.807) is 12.1 Å². The van der Waals surface area contributed by atoms with Crippen LogP contribution in [0.5, 0.6) is 0 Å². The number of carboxylic acid groups (broad SMARTS) is 1. The summed E-state index contributed by atoms with van der Waals surface area (Å²) in [6.07, 6.45) is 0.640. The maximum Gasteiger partial charge on any atom is 0.307 e. The summed E-state index contributed by atoms with van der Waals surface area (Å²) < 4.78 is 0. The summed E-state index contributed by atoms with van der Waals surface area (Å²) in [5.41, 5.74) is 2.90. The van der Waals surface area contributed by atoms with Crippen molar-refractivity contribution in [2.45, 2.75) is 25.6 Å². The molecule has 0 atom stereocenters. The minimum Gasteiger partial charge on any atom is -0.481 e. The summed E-state index contributed by atoms with van der Waals surface area (Å²) >= 11 is 5.79. The van der Waals surface area contributed by atoms with Crippen LogP contribution in [0.25, 0.3) is 0 Å². The van der Waals surface area contributed by atoms with E-state index >= 15 is 0 Å². The van der Waals surface area contributed by atoms with Crippen LogP contribution < -0.4 is 0 Å². The predicted molar refractivity (Wildman–Crippen MR) is 61.4 cm³/mol. The number of nitrogens with zero attached hydrogens (tertiary/aromatic N) is 1. The highest BCUT2D eigenvalue weighted by atomic mass is 35.5. The summed E-state index contributed by atoms with van der Waals surface area (Å²) in [7, 11) is 0. The average molecular weight is 238 g/mol. The Morgan fingerprint density at radius 1 is 1.56 bits per heavy atom. The molecular weight excluding hydrogens is 226 g/mol. The lowest BCUT2D eigenvalue weighted by Gasteiger charge is -2.09. The van der Waals surface area contributed by atoms with Gasteiger partial charge in [-0.15, -0.1) is 11.6 Å². The van der Waals surface area contributed by atoms with Crippen LogP contribution in [0.1, 0.15) is 29.2 Å². The molecule has 84 valence electrons. The van der Waals surface area contributed by atoms with Crippen molar-refractivity contribution >= 4 is 17.6 Å². The fraction of sp³-hybridized carbons (Fsp3) is 0.333. The number of alkyl halides is 1. The Kier molecular flexibility index (Phi) is 4.33. The van der Waals surface area contributed by atoms with Gasteiger partial charge < -0.3 is 5.11 Å². The lowest BCUT2D eigenvalue weighted by molar-refractivity contribution is -0.136. The second-order valence-electron chi connectivity index (χ2n) is 3.45. The van der Waals surface area contributed by atoms with Crippen molar-refractivity contribution in [1.82, 2.24) is 0 Å². The van der Waals surface area contributed by atoms with Gasteiger partial charge in [-0.25, -0.2) is 0 Å². The summed E-state index contributed by atoms with van der Waals surface area (Å²) in [6.45, 7) is 1.95. The minimum atomic E-state index is -0.909. The van der Waals surface area contributed by atoms with E-state index in [1.807, 2.05) is 6.92 Å². The van der Waals surface area contributed by atoms with E-state index < -0.39 is 5.97 Å². The zero-order valence-corrected chi connectivity index (χ0v) is 9.71. The third-order valence-electron chi connectivity index (χ3n) is 2.38. The summed E-state index contributed by atoms with van der Waals surface area (Å²) in [4.78, 5) is 10.6. The molecule has 0 aliphatic rings. The number of aliphatic carboxylic acids is 1. The van der Waals surface area contributed by atoms with Gasteiger partial charge in [-0.3, -0.25) is 4.79 Å². The normalized spacial score (nSPS) is 9.81. The van der Waals surface area contributed by atoms with Crippen molar-refractivity contribution in [3.63, 3.8) is 0 Å². The number of hydrogen-bond acceptors (Lipinski definition) is 2. The SMILES string of the molecule is CCc1c(C#N)cc(CC(=O)O)cc1CCl. The van der Waals surface area contributed by atoms with Gasteiger partial charge in [0.25, 0.3) is 0 Å². The number of nitriles is 1. The number of carboxylic acids is 1. The van der Waals surface area contributed by atoms with Crippen molar-refractivity contribution in [3.05, 3.63) is 34.4 Å². The highest BCUT2D eigenvalue weighted by Crippen LogP contribution is 2.20. The molecule has 16 heavy (non-hydrogen) atoms. The Bertz CT molecular complexity index is 449. The Morgan fingerprint density at radius 2 is 2.25 bits per heavy atom. The molecule has 1 aromatic carbocycles. The predicted octanol–water partition coefficient (Wildman–Crippen LogP) is 2.49. The molecule has 0 aromatic heterocycles. The van der Waals surface area contributed by atoms with Crippen LogP contribution in [0.2, 0.25) is 0 Å². The first-order valence-corrected chi connectivity index (χ1v) is 5.48. The van der Waals surface area contributed by atoms with Gasteiger partial charge in [0, 0.05) is 5.88 Å². The molecule has 0 aliphatic heterocycles. The standard InChI is InChI=1S/C12H12ClNO2/c1-2-11-9(6-13)3-8(5-12(15)16)4-10(11)7-14/h3-4H,2,5-6H2,1H3,(H,15,16). The fourth-order valence-electron chi connectivity index (χ4n) is 1.71. The number of carbonyl (C=O) groups is 1. The van der Waals surface area contributed by atoms with Crippen molar-refractivity contribution in [2.75, 3.05) is 0 Å². The van der Waals surface area contributed by atoms with Crippen molar-refractivity contribution in [2.24, 2.45) is 0 Å². The Morgan fingerprint density at radius 3 is 2.69 bits per heavy atom. The second kappa shape index (κ2) is 5.53. The molecule has 0 saturated heterocycles. The lowest BCUT2D eigenvalue weighted by atomic mass is 9.96. The van der Waals surface area contributed by atoms with Gasteiger partial charge in [0.15, 0.2) is 0 Å². The minimum absolute atomic E-state index is 0.0808. The summed E-state index contributed by atoms with van der Waals surface area (Å²) in [5.74, 6) is -0.612. The van der Waals surface area contributed by atoms with Gasteiger partial charge in [0.1, 0.15) is 0 Å². The lowest BCUT2D eigenvalue weighted by Crippen LogP contribution is -2.03. The van der Waals surface area contributed by atoms with Gasteiger partial charge in [0.2, 0.25) is 0 Å². The molecule has 0 spiro atoms. The monoisotopic (exact) mass is 237 g/mol. The Hall–Kier alpha value is -1.53. The van der Waals surface area contributed by atoms with Gasteiger partial charge in [-0.1, -0.05) is 13.0 Å². The molecule has 0 heterocycles. The van der Waals surface area contributed by atoms with Crippen LogP contribution in [0.3, 0.4) is 0 Å². The van der Waals surface area contributed by atoms with Gasteiger partial charge >= 0.3 is 5.97 Å². The summed E-state index contributed by atoms with van der Waals surface area (Å²) in [5, 5.41) is 17.7. The average Bonchev–Trinajstić information content (AvgIpc) is 2.26. The van der Waals surface area contributed by atoms with Gasteiger partial charge in [-0.05, 0) is 29.2 Å². The van der Waals surface area contributed by atoms with E-state index in [9.17, 15) is 4.79 Å². The van der Waals surface area contributed by atoms with Crippen LogP contribution in [-0.4, -0.2) is 11.1 Å². The highest BCUT2D eigenvalue weighted by molar-refractivity contribution is 6.17. The first-order valence-electron chi connectivity index (χ1n) is 4.94. The third-order valence-corrected chi connectivity index (χ3v) is 2.66. The van der Waals surface area contributed by atoms with Crippen LogP contribution in [-0.2, 0) is 23.5 Å². The van der Waals surface area contributed by atoms with Crippen LogP contribution in [0, 0.1) is 11.3 Å². The molecule has 0 saturated carbocycles. The van der Waals surface area contributed by atoms with Crippen molar-refractivity contribution in [3.8, 4) is 6.07 Å². The molecule has 1 aromatic rings. The number of hydrogen-bond donors (Lipinski definition) is 1. The molecule has 4 heteroatoms. The number of rotatable bonds is 4. The van der Waals surface area contributed by atoms with E-state index in [2.05, 4.69) is 6.07 Å². The molecule has 0 aliphatic carbocycles. The fourth-order valence-corrected chi connectivity index (χ4v) is 1.95. The van der Waals surface area contributed by atoms with E-state index in [0.29, 0.717) is 17.0 Å². The molecule has 0 radical (unpaired) electrons. The zero-order chi connectivity index (χ0) is 12.1. The maximum atomic E-state index is 10.6. The number of benzene rings is 1. The van der Waals surface area contributed by atoms with E-state index in [4.69, 9.17) is 22.0 Å². The molecular formula is C12H12ClNO2. The topological polar surface area (TPSA) is 61.1 Å². The van der Waals surface area contributed by atoms with Gasteiger partial charge in [0.05, 0.1) is 18.1 Å². The van der Waals surface area contributed by atoms with Crippen molar-refractivity contribution in [1.29, 1.82) is 5.26 Å². The maximum absolute atomic E-state index is 10.6. The number of halogens is 1.